The minimum Gasteiger partial charge on any atom is -0.365 e. The molecule has 2 heterocycles. The molecule has 0 unspecified atom stereocenters. The summed E-state index contributed by atoms with van der Waals surface area (Å²) < 4.78 is 130. The molecule has 2 aliphatic rings. The number of rotatable bonds is 13. The fourth-order valence-corrected chi connectivity index (χ4v) is 8.66. The number of benzene rings is 4. The molecule has 0 bridgehead atoms. The number of fused-ring (bicyclic) bond motifs is 2. The topological polar surface area (TPSA) is 205 Å². The number of alkyl halides is 6. The zero-order valence-electron chi connectivity index (χ0n) is 37.0. The predicted molar refractivity (Wildman–Crippen MR) is 247 cm³/mol. The van der Waals surface area contributed by atoms with Crippen LogP contribution in [0.5, 0.6) is 0 Å². The van der Waals surface area contributed by atoms with Crippen molar-refractivity contribution in [3.05, 3.63) is 142 Å². The number of carbonyl (C=O) groups excluding carboxylic acids is 2. The molecule has 4 aromatic carbocycles. The van der Waals surface area contributed by atoms with Gasteiger partial charge in [0.2, 0.25) is 21.9 Å². The van der Waals surface area contributed by atoms with Gasteiger partial charge < -0.3 is 21.3 Å². The molecule has 69 heavy (non-hydrogen) atoms. The first-order chi connectivity index (χ1) is 32.4. The molecule has 362 valence electrons. The van der Waals surface area contributed by atoms with Crippen LogP contribution in [0.4, 0.5) is 66.9 Å². The van der Waals surface area contributed by atoms with Crippen LogP contribution in [-0.4, -0.2) is 67.9 Å². The summed E-state index contributed by atoms with van der Waals surface area (Å²) in [4.78, 5) is 39.0. The van der Waals surface area contributed by atoms with E-state index in [2.05, 4.69) is 41.2 Å². The first-order valence-corrected chi connectivity index (χ1v) is 24.6. The van der Waals surface area contributed by atoms with Gasteiger partial charge in [-0.2, -0.15) is 36.3 Å². The van der Waals surface area contributed by atoms with E-state index >= 15 is 0 Å². The van der Waals surface area contributed by atoms with E-state index in [4.69, 9.17) is 0 Å². The Bertz CT molecular complexity index is 3170. The van der Waals surface area contributed by atoms with Gasteiger partial charge in [0, 0.05) is 75.8 Å². The van der Waals surface area contributed by atoms with Gasteiger partial charge in [0.25, 0.3) is 0 Å². The fraction of sp³-hybridized carbons (Fsp3) is 0.261. The molecule has 0 atom stereocenters. The molecule has 0 saturated heterocycles. The van der Waals surface area contributed by atoms with Gasteiger partial charge in [-0.1, -0.05) is 42.5 Å². The second kappa shape index (κ2) is 19.8. The molecule has 8 rings (SSSR count). The smallest absolute Gasteiger partial charge is 0.365 e. The van der Waals surface area contributed by atoms with E-state index in [0.29, 0.717) is 72.7 Å². The van der Waals surface area contributed by atoms with E-state index in [1.54, 1.807) is 54.6 Å². The van der Waals surface area contributed by atoms with E-state index < -0.39 is 55.0 Å². The second-order valence-corrected chi connectivity index (χ2v) is 20.2. The third-order valence-electron chi connectivity index (χ3n) is 11.0. The third kappa shape index (κ3) is 12.7. The van der Waals surface area contributed by atoms with Gasteiger partial charge in [0.1, 0.15) is 34.3 Å². The summed E-state index contributed by atoms with van der Waals surface area (Å²) in [5, 5.41) is 11.1. The molecular formula is C46H43F6N9O6S2. The minimum atomic E-state index is -4.71. The van der Waals surface area contributed by atoms with E-state index in [9.17, 15) is 52.8 Å². The molecule has 4 N–H and O–H groups in total. The quantitative estimate of drug-likeness (QED) is 0.0805. The maximum Gasteiger partial charge on any atom is 0.421 e. The number of sulfonamides is 1. The number of carbonyl (C=O) groups is 2. The van der Waals surface area contributed by atoms with Crippen LogP contribution in [-0.2, 0) is 80.6 Å². The number of aromatic nitrogens is 4. The Balaban J connectivity index is 0.000000204. The average molecular weight is 996 g/mol. The predicted octanol–water partition coefficient (Wildman–Crippen LogP) is 8.23. The summed E-state index contributed by atoms with van der Waals surface area (Å²) in [5.41, 5.74) is 4.04. The first-order valence-electron chi connectivity index (χ1n) is 20.9. The molecule has 0 saturated carbocycles. The first kappa shape index (κ1) is 49.8. The summed E-state index contributed by atoms with van der Waals surface area (Å²) in [6.07, 6.45) is -3.79. The maximum atomic E-state index is 13.6. The van der Waals surface area contributed by atoms with Crippen LogP contribution in [0, 0.1) is 0 Å². The molecule has 0 fully saturated rings. The highest BCUT2D eigenvalue weighted by atomic mass is 32.2. The highest BCUT2D eigenvalue weighted by Crippen LogP contribution is 2.37. The second-order valence-electron chi connectivity index (χ2n) is 16.2. The van der Waals surface area contributed by atoms with Gasteiger partial charge in [-0.05, 0) is 82.3 Å². The summed E-state index contributed by atoms with van der Waals surface area (Å²) in [6.45, 7) is -0.188. The molecule has 2 aliphatic carbocycles. The number of halogens is 6. The molecule has 0 radical (unpaired) electrons. The van der Waals surface area contributed by atoms with Crippen molar-refractivity contribution in [2.75, 3.05) is 45.1 Å². The number of ketones is 2. The lowest BCUT2D eigenvalue weighted by Gasteiger charge is -2.21. The Morgan fingerprint density at radius 1 is 0.609 bits per heavy atom. The molecule has 0 spiro atoms. The highest BCUT2D eigenvalue weighted by molar-refractivity contribution is 7.92. The number of hydrogen-bond acceptors (Lipinski definition) is 14. The lowest BCUT2D eigenvalue weighted by Crippen LogP contribution is -2.26. The van der Waals surface area contributed by atoms with Gasteiger partial charge in [-0.3, -0.25) is 13.9 Å². The molecule has 6 aromatic rings. The van der Waals surface area contributed by atoms with Crippen LogP contribution in [0.1, 0.15) is 50.9 Å². The van der Waals surface area contributed by atoms with Gasteiger partial charge in [0.05, 0.1) is 16.8 Å². The van der Waals surface area contributed by atoms with Crippen LogP contribution in [0.25, 0.3) is 0 Å². The van der Waals surface area contributed by atoms with Crippen LogP contribution in [0.15, 0.2) is 102 Å². The number of sulfone groups is 1. The number of Topliss-reactive ketones (excluding diaryl/α,β-unsaturated/α-hetero) is 2. The zero-order valence-corrected chi connectivity index (χ0v) is 38.6. The van der Waals surface area contributed by atoms with E-state index in [0.717, 1.165) is 39.1 Å². The van der Waals surface area contributed by atoms with Gasteiger partial charge in [-0.25, -0.2) is 26.8 Å². The number of hydrogen-bond donors (Lipinski definition) is 4. The standard InChI is InChI=1S/C23H22F3N5O3S.C23H21F3N4O3S/c1-31(35(2,33)34)20-6-4-3-5-15(20)12-27-21-19(23(24,25)26)13-28-22(30-21)29-17-8-7-14-10-18(32)11-16(14)9-17;1-34(32,33)19-4-2-3-14(9-19)12-27-21-20(23(24,25)26)13-28-22(30-21)29-17-7-5-16-11-18(31)8-6-15(16)10-17/h3-9,13H,10-12H2,1-2H3,(H2,27,28,29,30);2-5,7,9-10,13H,6,8,11-12H2,1H3,(H2,27,28,29,30). The Kier molecular flexibility index (Phi) is 14.3. The van der Waals surface area contributed by atoms with Crippen molar-refractivity contribution in [3.8, 4) is 0 Å². The van der Waals surface area contributed by atoms with Crippen molar-refractivity contribution in [1.82, 2.24) is 19.9 Å². The molecule has 23 heteroatoms. The van der Waals surface area contributed by atoms with Crippen LogP contribution < -0.4 is 25.6 Å². The Morgan fingerprint density at radius 3 is 1.72 bits per heavy atom. The van der Waals surface area contributed by atoms with Crippen molar-refractivity contribution in [3.63, 3.8) is 0 Å². The summed E-state index contributed by atoms with van der Waals surface area (Å²) in [6, 6.07) is 23.1. The summed E-state index contributed by atoms with van der Waals surface area (Å²) >= 11 is 0. The Hall–Kier alpha value is -7.14. The van der Waals surface area contributed by atoms with E-state index in [1.165, 1.54) is 25.2 Å². The van der Waals surface area contributed by atoms with E-state index in [-0.39, 0.29) is 41.4 Å². The third-order valence-corrected chi connectivity index (χ3v) is 13.3. The minimum absolute atomic E-state index is 0.0350. The Morgan fingerprint density at radius 2 is 1.14 bits per heavy atom. The van der Waals surface area contributed by atoms with Crippen molar-refractivity contribution in [2.45, 2.75) is 62.4 Å². The summed E-state index contributed by atoms with van der Waals surface area (Å²) in [7, 11) is -5.66. The number of anilines is 7. The largest absolute Gasteiger partial charge is 0.421 e. The number of aryl methyl sites for hydroxylation is 1. The number of nitrogens with one attached hydrogen (secondary N) is 4. The van der Waals surface area contributed by atoms with Crippen LogP contribution >= 0.6 is 0 Å². The van der Waals surface area contributed by atoms with Gasteiger partial charge in [0.15, 0.2) is 9.84 Å². The monoisotopic (exact) mass is 995 g/mol. The van der Waals surface area contributed by atoms with Crippen molar-refractivity contribution >= 4 is 72.0 Å². The van der Waals surface area contributed by atoms with Crippen molar-refractivity contribution in [2.24, 2.45) is 0 Å². The molecule has 0 amide bonds. The van der Waals surface area contributed by atoms with Gasteiger partial charge >= 0.3 is 12.4 Å². The maximum absolute atomic E-state index is 13.6. The average Bonchev–Trinajstić information content (AvgIpc) is 3.66. The lowest BCUT2D eigenvalue weighted by molar-refractivity contribution is -0.138. The number of para-hydroxylation sites is 1. The summed E-state index contributed by atoms with van der Waals surface area (Å²) in [5.74, 6) is -0.701. The SMILES string of the molecule is CN(c1ccccc1CNc1nc(Nc2ccc3c(c2)CC(=O)C3)ncc1C(F)(F)F)S(C)(=O)=O.CS(=O)(=O)c1cccc(CNc2nc(Nc3ccc4c(c3)CCC(=O)C4)ncc2C(F)(F)F)c1. The van der Waals surface area contributed by atoms with Crippen LogP contribution in [0.2, 0.25) is 0 Å². The lowest BCUT2D eigenvalue weighted by atomic mass is 9.90. The Labute approximate surface area is 392 Å². The number of nitrogens with zero attached hydrogens (tertiary/aromatic N) is 5. The van der Waals surface area contributed by atoms with Crippen molar-refractivity contribution < 1.29 is 52.8 Å². The normalized spacial score (nSPS) is 13.7. The molecule has 15 nitrogen and oxygen atoms in total. The van der Waals surface area contributed by atoms with Crippen LogP contribution in [0.3, 0.4) is 0 Å². The molecule has 0 aliphatic heterocycles. The van der Waals surface area contributed by atoms with E-state index in [1.807, 2.05) is 12.1 Å². The molecule has 2 aromatic heterocycles. The fourth-order valence-electron chi connectivity index (χ4n) is 7.44. The van der Waals surface area contributed by atoms with Crippen molar-refractivity contribution in [1.29, 1.82) is 0 Å². The highest BCUT2D eigenvalue weighted by Gasteiger charge is 2.36. The zero-order chi connectivity index (χ0) is 49.9. The molecular weight excluding hydrogens is 953 g/mol. The van der Waals surface area contributed by atoms with Gasteiger partial charge in [-0.15, -0.1) is 0 Å².